The molecule has 0 fully saturated rings. The van der Waals surface area contributed by atoms with Crippen molar-refractivity contribution in [2.24, 2.45) is 0 Å². The van der Waals surface area contributed by atoms with Crippen LogP contribution in [0, 0.1) is 0 Å². The van der Waals surface area contributed by atoms with Crippen LogP contribution in [0.3, 0.4) is 0 Å². The zero-order valence-corrected chi connectivity index (χ0v) is 10.4. The highest BCUT2D eigenvalue weighted by atomic mass is 19.3. The van der Waals surface area contributed by atoms with Crippen molar-refractivity contribution in [3.63, 3.8) is 0 Å². The van der Waals surface area contributed by atoms with Gasteiger partial charge in [-0.25, -0.2) is 8.78 Å². The number of likely N-dealkylation sites (N-methyl/N-ethyl adjacent to an activating group) is 1. The summed E-state index contributed by atoms with van der Waals surface area (Å²) in [5.74, 6) is -6.26. The zero-order valence-electron chi connectivity index (χ0n) is 10.4. The minimum atomic E-state index is -4.69. The molecule has 108 valence electrons. The van der Waals surface area contributed by atoms with Gasteiger partial charge in [-0.15, -0.1) is 0 Å². The first-order valence-electron chi connectivity index (χ1n) is 5.41. The van der Waals surface area contributed by atoms with Crippen molar-refractivity contribution in [2.75, 3.05) is 20.6 Å². The van der Waals surface area contributed by atoms with E-state index in [2.05, 4.69) is 0 Å². The topological polar surface area (TPSA) is 45.5 Å². The van der Waals surface area contributed by atoms with Crippen LogP contribution in [0.1, 0.15) is 11.8 Å². The minimum Gasteiger partial charge on any atom is -0.468 e. The summed E-state index contributed by atoms with van der Waals surface area (Å²) in [6.07, 6.45) is -2.64. The summed E-state index contributed by atoms with van der Waals surface area (Å²) in [7, 11) is 3.29. The Morgan fingerprint density at radius 3 is 2.53 bits per heavy atom. The van der Waals surface area contributed by atoms with Gasteiger partial charge < -0.3 is 9.73 Å². The number of hydrogen-bond donors (Lipinski definition) is 1. The van der Waals surface area contributed by atoms with Gasteiger partial charge in [-0.05, 0) is 26.2 Å². The van der Waals surface area contributed by atoms with Gasteiger partial charge >= 0.3 is 12.3 Å². The molecule has 0 saturated heterocycles. The number of nitrogens with zero attached hydrogens (tertiary/aromatic N) is 1. The molecular formula is C11H14F4N2O2. The van der Waals surface area contributed by atoms with Crippen LogP contribution in [-0.4, -0.2) is 43.8 Å². The van der Waals surface area contributed by atoms with Crippen molar-refractivity contribution in [1.82, 2.24) is 10.2 Å². The van der Waals surface area contributed by atoms with E-state index in [9.17, 15) is 22.4 Å². The highest BCUT2D eigenvalue weighted by Gasteiger charge is 2.48. The van der Waals surface area contributed by atoms with Crippen molar-refractivity contribution in [1.29, 1.82) is 0 Å². The van der Waals surface area contributed by atoms with Crippen LogP contribution in [-0.2, 0) is 4.79 Å². The van der Waals surface area contributed by atoms with E-state index in [-0.39, 0.29) is 6.54 Å². The van der Waals surface area contributed by atoms with Gasteiger partial charge in [-0.1, -0.05) is 0 Å². The molecule has 0 aliphatic carbocycles. The highest BCUT2D eigenvalue weighted by molar-refractivity contribution is 5.83. The third kappa shape index (κ3) is 3.69. The Morgan fingerprint density at radius 2 is 2.11 bits per heavy atom. The molecule has 0 aliphatic rings. The van der Waals surface area contributed by atoms with Gasteiger partial charge in [-0.3, -0.25) is 9.69 Å². The third-order valence-corrected chi connectivity index (χ3v) is 2.53. The lowest BCUT2D eigenvalue weighted by molar-refractivity contribution is -0.169. The molecule has 0 radical (unpaired) electrons. The Labute approximate surface area is 107 Å². The van der Waals surface area contributed by atoms with Crippen LogP contribution in [0.5, 0.6) is 0 Å². The van der Waals surface area contributed by atoms with Crippen molar-refractivity contribution < 1.29 is 26.8 Å². The lowest BCUT2D eigenvalue weighted by Crippen LogP contribution is -2.47. The SMILES string of the molecule is CN(C)C(CNC(=O)C(F)(F)C(F)F)c1ccco1. The molecule has 0 saturated carbocycles. The number of amides is 1. The molecule has 1 amide bonds. The van der Waals surface area contributed by atoms with E-state index in [0.29, 0.717) is 5.76 Å². The van der Waals surface area contributed by atoms with Crippen LogP contribution in [0.15, 0.2) is 22.8 Å². The number of hydrogen-bond acceptors (Lipinski definition) is 3. The van der Waals surface area contributed by atoms with Crippen molar-refractivity contribution in [3.8, 4) is 0 Å². The van der Waals surface area contributed by atoms with E-state index < -0.39 is 24.3 Å². The highest BCUT2D eigenvalue weighted by Crippen LogP contribution is 2.23. The monoisotopic (exact) mass is 282 g/mol. The molecule has 1 atom stereocenters. The maximum atomic E-state index is 12.7. The van der Waals surface area contributed by atoms with Crippen LogP contribution < -0.4 is 5.32 Å². The van der Waals surface area contributed by atoms with Crippen LogP contribution >= 0.6 is 0 Å². The summed E-state index contributed by atoms with van der Waals surface area (Å²) in [5, 5.41) is 1.80. The average molecular weight is 282 g/mol. The Hall–Kier alpha value is -1.57. The predicted molar refractivity (Wildman–Crippen MR) is 59.1 cm³/mol. The second kappa shape index (κ2) is 6.05. The first kappa shape index (κ1) is 15.5. The standard InChI is InChI=1S/C11H14F4N2O2/c1-17(2)7(8-4-3-5-19-8)6-16-10(18)11(14,15)9(12)13/h3-5,7,9H,6H2,1-2H3,(H,16,18). The van der Waals surface area contributed by atoms with Crippen LogP contribution in [0.4, 0.5) is 17.6 Å². The number of nitrogens with one attached hydrogen (secondary N) is 1. The lowest BCUT2D eigenvalue weighted by atomic mass is 10.2. The molecule has 8 heteroatoms. The largest absolute Gasteiger partial charge is 0.468 e. The molecule has 1 aromatic rings. The smallest absolute Gasteiger partial charge is 0.383 e. The number of carbonyl (C=O) groups excluding carboxylic acids is 1. The van der Waals surface area contributed by atoms with Crippen molar-refractivity contribution >= 4 is 5.91 Å². The first-order valence-corrected chi connectivity index (χ1v) is 5.41. The zero-order chi connectivity index (χ0) is 14.6. The number of furan rings is 1. The summed E-state index contributed by atoms with van der Waals surface area (Å²) >= 11 is 0. The number of rotatable bonds is 6. The summed E-state index contributed by atoms with van der Waals surface area (Å²) < 4.78 is 54.5. The normalized spacial score (nSPS) is 13.9. The van der Waals surface area contributed by atoms with E-state index in [1.807, 2.05) is 0 Å². The number of halogens is 4. The minimum absolute atomic E-state index is 0.262. The van der Waals surface area contributed by atoms with Gasteiger partial charge in [0.25, 0.3) is 5.91 Å². The molecule has 0 bridgehead atoms. The van der Waals surface area contributed by atoms with Crippen LogP contribution in [0.2, 0.25) is 0 Å². The summed E-state index contributed by atoms with van der Waals surface area (Å²) in [5.41, 5.74) is 0. The molecule has 19 heavy (non-hydrogen) atoms. The fourth-order valence-electron chi connectivity index (χ4n) is 1.42. The van der Waals surface area contributed by atoms with E-state index in [1.54, 1.807) is 36.4 Å². The Kier molecular flexibility index (Phi) is 4.93. The molecule has 1 unspecified atom stereocenters. The van der Waals surface area contributed by atoms with E-state index in [1.165, 1.54) is 6.26 Å². The molecule has 4 nitrogen and oxygen atoms in total. The van der Waals surface area contributed by atoms with E-state index >= 15 is 0 Å². The second-order valence-electron chi connectivity index (χ2n) is 4.13. The quantitative estimate of drug-likeness (QED) is 0.811. The lowest BCUT2D eigenvalue weighted by Gasteiger charge is -2.23. The molecular weight excluding hydrogens is 268 g/mol. The van der Waals surface area contributed by atoms with Gasteiger partial charge in [0.1, 0.15) is 5.76 Å². The summed E-state index contributed by atoms with van der Waals surface area (Å²) in [6, 6.07) is 2.68. The first-order chi connectivity index (χ1) is 8.76. The van der Waals surface area contributed by atoms with Gasteiger partial charge in [0.15, 0.2) is 0 Å². The fourth-order valence-corrected chi connectivity index (χ4v) is 1.42. The van der Waals surface area contributed by atoms with Gasteiger partial charge in [-0.2, -0.15) is 8.78 Å². The average Bonchev–Trinajstić information content (AvgIpc) is 2.81. The van der Waals surface area contributed by atoms with Gasteiger partial charge in [0, 0.05) is 6.54 Å². The third-order valence-electron chi connectivity index (χ3n) is 2.53. The number of carbonyl (C=O) groups is 1. The number of alkyl halides is 4. The van der Waals surface area contributed by atoms with Gasteiger partial charge in [0.2, 0.25) is 0 Å². The van der Waals surface area contributed by atoms with Crippen LogP contribution in [0.25, 0.3) is 0 Å². The van der Waals surface area contributed by atoms with E-state index in [0.717, 1.165) is 0 Å². The molecule has 1 rings (SSSR count). The molecule has 1 heterocycles. The van der Waals surface area contributed by atoms with E-state index in [4.69, 9.17) is 4.42 Å². The maximum Gasteiger partial charge on any atom is 0.383 e. The van der Waals surface area contributed by atoms with Crippen molar-refractivity contribution in [3.05, 3.63) is 24.2 Å². The predicted octanol–water partition coefficient (Wildman–Crippen LogP) is 1.90. The Morgan fingerprint density at radius 1 is 1.47 bits per heavy atom. The molecule has 0 spiro atoms. The second-order valence-corrected chi connectivity index (χ2v) is 4.13. The summed E-state index contributed by atoms with van der Waals surface area (Å²) in [4.78, 5) is 12.6. The molecule has 1 N–H and O–H groups in total. The fraction of sp³-hybridized carbons (Fsp3) is 0.545. The Bertz CT molecular complexity index is 407. The maximum absolute atomic E-state index is 12.7. The molecule has 0 aliphatic heterocycles. The summed E-state index contributed by atoms with van der Waals surface area (Å²) in [6.45, 7) is -0.262. The van der Waals surface area contributed by atoms with Gasteiger partial charge in [0.05, 0.1) is 12.3 Å². The van der Waals surface area contributed by atoms with Crippen molar-refractivity contribution in [2.45, 2.75) is 18.4 Å². The molecule has 1 aromatic heterocycles. The molecule has 0 aromatic carbocycles. The Balaban J connectivity index is 2.66.